The number of rotatable bonds is 3. The van der Waals surface area contributed by atoms with Crippen molar-refractivity contribution in [2.45, 2.75) is 0 Å². The fourth-order valence-electron chi connectivity index (χ4n) is 3.02. The van der Waals surface area contributed by atoms with Gasteiger partial charge in [-0.1, -0.05) is 60.1 Å². The predicted molar refractivity (Wildman–Crippen MR) is 126 cm³/mol. The first-order chi connectivity index (χ1) is 16.5. The predicted octanol–water partition coefficient (Wildman–Crippen LogP) is 4.76. The zero-order valence-electron chi connectivity index (χ0n) is 17.5. The summed E-state index contributed by atoms with van der Waals surface area (Å²) in [5, 5.41) is 23.5. The lowest BCUT2D eigenvalue weighted by atomic mass is 10.1. The van der Waals surface area contributed by atoms with Gasteiger partial charge in [0.2, 0.25) is 0 Å². The molecule has 0 amide bonds. The number of pyridine rings is 2. The Morgan fingerprint density at radius 3 is 1.26 bits per heavy atom. The molecule has 2 heterocycles. The average Bonchev–Trinajstić information content (AvgIpc) is 2.87. The Hall–Kier alpha value is -5.34. The van der Waals surface area contributed by atoms with Crippen LogP contribution in [0.2, 0.25) is 0 Å². The van der Waals surface area contributed by atoms with E-state index in [4.69, 9.17) is 0 Å². The van der Waals surface area contributed by atoms with Crippen molar-refractivity contribution in [1.82, 2.24) is 9.97 Å². The van der Waals surface area contributed by atoms with Crippen LogP contribution in [0.25, 0.3) is 11.4 Å². The topological polar surface area (TPSA) is 112 Å². The van der Waals surface area contributed by atoms with Crippen molar-refractivity contribution in [3.8, 4) is 35.1 Å². The quantitative estimate of drug-likeness (QED) is 0.255. The van der Waals surface area contributed by atoms with E-state index in [1.807, 2.05) is 36.4 Å². The molecular formula is C26H14N4O4. The molecule has 0 radical (unpaired) electrons. The summed E-state index contributed by atoms with van der Waals surface area (Å²) in [6, 6.07) is 20.7. The Kier molecular flexibility index (Phi) is 6.34. The zero-order chi connectivity index (χ0) is 23.9. The average molecular weight is 446 g/mol. The van der Waals surface area contributed by atoms with Gasteiger partial charge in [0.05, 0.1) is 21.0 Å². The van der Waals surface area contributed by atoms with Crippen LogP contribution in [0.3, 0.4) is 0 Å². The standard InChI is InChI=1S/C26H14N4O4/c31-29(32)23-15-21(13-11-19-7-3-1-4-8-19)17-27-25(23)26-24(30(33)34)16-22(18-28-26)14-12-20-9-5-2-6-10-20/h1-10,15-18H. The van der Waals surface area contributed by atoms with Gasteiger partial charge in [-0.3, -0.25) is 20.2 Å². The highest BCUT2D eigenvalue weighted by Gasteiger charge is 2.26. The molecule has 162 valence electrons. The number of aromatic nitrogens is 2. The Labute approximate surface area is 194 Å². The third kappa shape index (κ3) is 5.10. The summed E-state index contributed by atoms with van der Waals surface area (Å²) in [5.41, 5.74) is 0.767. The Morgan fingerprint density at radius 1 is 0.559 bits per heavy atom. The van der Waals surface area contributed by atoms with E-state index in [-0.39, 0.29) is 11.4 Å². The van der Waals surface area contributed by atoms with Crippen LogP contribution in [0.4, 0.5) is 11.4 Å². The normalized spacial score (nSPS) is 9.76. The number of nitro groups is 2. The van der Waals surface area contributed by atoms with Gasteiger partial charge in [-0.2, -0.15) is 0 Å². The zero-order valence-corrected chi connectivity index (χ0v) is 17.5. The van der Waals surface area contributed by atoms with Gasteiger partial charge in [-0.25, -0.2) is 9.97 Å². The summed E-state index contributed by atoms with van der Waals surface area (Å²) in [4.78, 5) is 30.3. The molecule has 0 saturated carbocycles. The van der Waals surface area contributed by atoms with Crippen LogP contribution in [0.1, 0.15) is 22.3 Å². The molecule has 0 fully saturated rings. The third-order valence-electron chi connectivity index (χ3n) is 4.60. The Balaban J connectivity index is 1.74. The SMILES string of the molecule is O=[N+]([O-])c1cc(C#Cc2ccccc2)cnc1-c1ncc(C#Cc2ccccc2)cc1[N+](=O)[O-]. The summed E-state index contributed by atoms with van der Waals surface area (Å²) >= 11 is 0. The fourth-order valence-corrected chi connectivity index (χ4v) is 3.02. The second-order valence-corrected chi connectivity index (χ2v) is 6.93. The van der Waals surface area contributed by atoms with Gasteiger partial charge in [0.1, 0.15) is 0 Å². The number of benzene rings is 2. The molecule has 0 bridgehead atoms. The van der Waals surface area contributed by atoms with Crippen LogP contribution in [-0.4, -0.2) is 19.8 Å². The molecule has 34 heavy (non-hydrogen) atoms. The molecule has 0 atom stereocenters. The summed E-state index contributed by atoms with van der Waals surface area (Å²) in [6.07, 6.45) is 2.65. The van der Waals surface area contributed by atoms with Crippen LogP contribution in [0.15, 0.2) is 85.2 Å². The Morgan fingerprint density at radius 2 is 0.912 bits per heavy atom. The second-order valence-electron chi connectivity index (χ2n) is 6.93. The van der Waals surface area contributed by atoms with E-state index in [2.05, 4.69) is 33.6 Å². The highest BCUT2D eigenvalue weighted by atomic mass is 16.6. The van der Waals surface area contributed by atoms with E-state index in [9.17, 15) is 20.2 Å². The molecule has 4 rings (SSSR count). The van der Waals surface area contributed by atoms with Gasteiger partial charge < -0.3 is 0 Å². The van der Waals surface area contributed by atoms with Crippen molar-refractivity contribution >= 4 is 11.4 Å². The maximum Gasteiger partial charge on any atom is 0.298 e. The van der Waals surface area contributed by atoms with Gasteiger partial charge in [0.25, 0.3) is 11.4 Å². The maximum atomic E-state index is 11.7. The minimum atomic E-state index is -0.662. The molecular weight excluding hydrogens is 432 g/mol. The van der Waals surface area contributed by atoms with Gasteiger partial charge in [0.15, 0.2) is 11.4 Å². The summed E-state index contributed by atoms with van der Waals surface area (Å²) in [6.45, 7) is 0. The molecule has 2 aromatic carbocycles. The summed E-state index contributed by atoms with van der Waals surface area (Å²) in [7, 11) is 0. The summed E-state index contributed by atoms with van der Waals surface area (Å²) in [5.74, 6) is 11.4. The van der Waals surface area contributed by atoms with E-state index < -0.39 is 21.2 Å². The number of nitrogens with zero attached hydrogens (tertiary/aromatic N) is 4. The smallest absolute Gasteiger partial charge is 0.258 e. The van der Waals surface area contributed by atoms with Crippen LogP contribution >= 0.6 is 0 Å². The highest BCUT2D eigenvalue weighted by Crippen LogP contribution is 2.33. The first-order valence-electron chi connectivity index (χ1n) is 9.94. The largest absolute Gasteiger partial charge is 0.298 e. The molecule has 0 saturated heterocycles. The first-order valence-corrected chi connectivity index (χ1v) is 9.94. The fraction of sp³-hybridized carbons (Fsp3) is 0. The van der Waals surface area contributed by atoms with Crippen molar-refractivity contribution in [1.29, 1.82) is 0 Å². The van der Waals surface area contributed by atoms with Crippen molar-refractivity contribution < 1.29 is 9.85 Å². The molecule has 0 unspecified atom stereocenters. The lowest BCUT2D eigenvalue weighted by Gasteiger charge is -2.04. The number of hydrogen-bond donors (Lipinski definition) is 0. The Bertz CT molecular complexity index is 1400. The molecule has 4 aromatic rings. The van der Waals surface area contributed by atoms with Crippen LogP contribution in [-0.2, 0) is 0 Å². The van der Waals surface area contributed by atoms with Gasteiger partial charge >= 0.3 is 0 Å². The van der Waals surface area contributed by atoms with E-state index in [1.54, 1.807) is 24.3 Å². The monoisotopic (exact) mass is 446 g/mol. The lowest BCUT2D eigenvalue weighted by Crippen LogP contribution is -2.01. The van der Waals surface area contributed by atoms with Gasteiger partial charge in [-0.05, 0) is 24.3 Å². The van der Waals surface area contributed by atoms with Gasteiger partial charge in [-0.15, -0.1) is 0 Å². The summed E-state index contributed by atoms with van der Waals surface area (Å²) < 4.78 is 0. The van der Waals surface area contributed by atoms with Crippen LogP contribution < -0.4 is 0 Å². The molecule has 2 aromatic heterocycles. The first kappa shape index (κ1) is 21.9. The van der Waals surface area contributed by atoms with Crippen molar-refractivity contribution in [3.05, 3.63) is 128 Å². The van der Waals surface area contributed by atoms with Crippen molar-refractivity contribution in [3.63, 3.8) is 0 Å². The number of hydrogen-bond acceptors (Lipinski definition) is 6. The van der Waals surface area contributed by atoms with Crippen molar-refractivity contribution in [2.24, 2.45) is 0 Å². The van der Waals surface area contributed by atoms with E-state index in [0.717, 1.165) is 11.1 Å². The van der Waals surface area contributed by atoms with Crippen LogP contribution in [0, 0.1) is 43.9 Å². The van der Waals surface area contributed by atoms with Crippen LogP contribution in [0.5, 0.6) is 0 Å². The van der Waals surface area contributed by atoms with Gasteiger partial charge in [0, 0.05) is 35.7 Å². The maximum absolute atomic E-state index is 11.7. The third-order valence-corrected chi connectivity index (χ3v) is 4.60. The minimum absolute atomic E-state index is 0.218. The molecule has 0 aliphatic rings. The second kappa shape index (κ2) is 9.86. The molecule has 0 N–H and O–H groups in total. The minimum Gasteiger partial charge on any atom is -0.258 e. The molecule has 8 nitrogen and oxygen atoms in total. The van der Waals surface area contributed by atoms with E-state index in [1.165, 1.54) is 24.5 Å². The van der Waals surface area contributed by atoms with Crippen molar-refractivity contribution in [2.75, 3.05) is 0 Å². The highest BCUT2D eigenvalue weighted by molar-refractivity contribution is 5.75. The van der Waals surface area contributed by atoms with E-state index >= 15 is 0 Å². The molecule has 0 aliphatic heterocycles. The molecule has 0 spiro atoms. The molecule has 0 aliphatic carbocycles. The van der Waals surface area contributed by atoms with E-state index in [0.29, 0.717) is 11.1 Å². The lowest BCUT2D eigenvalue weighted by molar-refractivity contribution is -0.386. The molecule has 8 heteroatoms.